The standard InChI is InChI=1S/C11H20N2O2.ClH/c14-10-3-1-2-8(10)7-13-11(15)9-4-5-12-6-9;/h8-10,12,14H,1-7H2,(H,13,15);1H/t8?,9-,10?;/m1./s1. The van der Waals surface area contributed by atoms with Gasteiger partial charge in [-0.15, -0.1) is 12.4 Å². The van der Waals surface area contributed by atoms with Crippen LogP contribution in [0.15, 0.2) is 0 Å². The Labute approximate surface area is 103 Å². The van der Waals surface area contributed by atoms with Gasteiger partial charge in [-0.25, -0.2) is 0 Å². The molecule has 94 valence electrons. The first-order chi connectivity index (χ1) is 7.27. The van der Waals surface area contributed by atoms with Crippen LogP contribution in [0, 0.1) is 11.8 Å². The molecule has 2 rings (SSSR count). The minimum Gasteiger partial charge on any atom is -0.393 e. The number of carbonyl (C=O) groups excluding carboxylic acids is 1. The van der Waals surface area contributed by atoms with Gasteiger partial charge in [-0.3, -0.25) is 4.79 Å². The number of hydrogen-bond donors (Lipinski definition) is 3. The fraction of sp³-hybridized carbons (Fsp3) is 0.909. The fourth-order valence-corrected chi connectivity index (χ4v) is 2.51. The lowest BCUT2D eigenvalue weighted by atomic mass is 10.0. The molecule has 1 heterocycles. The number of rotatable bonds is 3. The summed E-state index contributed by atoms with van der Waals surface area (Å²) in [4.78, 5) is 11.7. The molecule has 2 unspecified atom stereocenters. The second-order valence-electron chi connectivity index (χ2n) is 4.69. The van der Waals surface area contributed by atoms with Gasteiger partial charge < -0.3 is 15.7 Å². The topological polar surface area (TPSA) is 61.4 Å². The molecule has 0 spiro atoms. The number of amides is 1. The third kappa shape index (κ3) is 3.34. The SMILES string of the molecule is Cl.O=C(NCC1CCCC1O)[C@@H]1CCNC1. The smallest absolute Gasteiger partial charge is 0.224 e. The first-order valence-electron chi connectivity index (χ1n) is 5.94. The van der Waals surface area contributed by atoms with Crippen molar-refractivity contribution >= 4 is 18.3 Å². The summed E-state index contributed by atoms with van der Waals surface area (Å²) in [5.41, 5.74) is 0. The van der Waals surface area contributed by atoms with Gasteiger partial charge in [0.2, 0.25) is 5.91 Å². The average molecular weight is 249 g/mol. The van der Waals surface area contributed by atoms with Crippen LogP contribution in [0.25, 0.3) is 0 Å². The van der Waals surface area contributed by atoms with Crippen molar-refractivity contribution < 1.29 is 9.90 Å². The van der Waals surface area contributed by atoms with E-state index in [0.29, 0.717) is 6.54 Å². The Balaban J connectivity index is 0.00000128. The molecule has 2 aliphatic rings. The molecule has 5 heteroatoms. The highest BCUT2D eigenvalue weighted by molar-refractivity contribution is 5.85. The molecular weight excluding hydrogens is 228 g/mol. The zero-order chi connectivity index (χ0) is 10.7. The lowest BCUT2D eigenvalue weighted by molar-refractivity contribution is -0.124. The number of nitrogens with one attached hydrogen (secondary N) is 2. The summed E-state index contributed by atoms with van der Waals surface area (Å²) in [6, 6.07) is 0. The van der Waals surface area contributed by atoms with Crippen molar-refractivity contribution in [2.24, 2.45) is 11.8 Å². The molecule has 1 aliphatic carbocycles. The van der Waals surface area contributed by atoms with Gasteiger partial charge in [-0.2, -0.15) is 0 Å². The molecule has 0 bridgehead atoms. The molecule has 1 aliphatic heterocycles. The maximum atomic E-state index is 11.7. The highest BCUT2D eigenvalue weighted by Crippen LogP contribution is 2.24. The van der Waals surface area contributed by atoms with E-state index >= 15 is 0 Å². The summed E-state index contributed by atoms with van der Waals surface area (Å²) in [7, 11) is 0. The molecule has 16 heavy (non-hydrogen) atoms. The molecular formula is C11H21ClN2O2. The lowest BCUT2D eigenvalue weighted by Gasteiger charge is -2.16. The summed E-state index contributed by atoms with van der Waals surface area (Å²) < 4.78 is 0. The van der Waals surface area contributed by atoms with Crippen LogP contribution >= 0.6 is 12.4 Å². The van der Waals surface area contributed by atoms with Crippen LogP contribution in [0.3, 0.4) is 0 Å². The summed E-state index contributed by atoms with van der Waals surface area (Å²) in [5.74, 6) is 0.575. The van der Waals surface area contributed by atoms with Gasteiger partial charge in [-0.1, -0.05) is 6.42 Å². The number of halogens is 1. The van der Waals surface area contributed by atoms with E-state index in [1.807, 2.05) is 0 Å². The Morgan fingerprint density at radius 1 is 1.38 bits per heavy atom. The van der Waals surface area contributed by atoms with Gasteiger partial charge in [0.25, 0.3) is 0 Å². The maximum Gasteiger partial charge on any atom is 0.224 e. The fourth-order valence-electron chi connectivity index (χ4n) is 2.51. The first kappa shape index (κ1) is 13.7. The van der Waals surface area contributed by atoms with E-state index in [1.165, 1.54) is 0 Å². The third-order valence-corrected chi connectivity index (χ3v) is 3.59. The second kappa shape index (κ2) is 6.42. The van der Waals surface area contributed by atoms with Crippen molar-refractivity contribution in [3.05, 3.63) is 0 Å². The molecule has 0 aromatic rings. The van der Waals surface area contributed by atoms with Gasteiger partial charge in [-0.05, 0) is 25.8 Å². The predicted molar refractivity (Wildman–Crippen MR) is 64.6 cm³/mol. The molecule has 1 saturated heterocycles. The molecule has 0 aromatic heterocycles. The first-order valence-corrected chi connectivity index (χ1v) is 5.94. The van der Waals surface area contributed by atoms with E-state index < -0.39 is 0 Å². The van der Waals surface area contributed by atoms with Crippen molar-refractivity contribution in [2.75, 3.05) is 19.6 Å². The van der Waals surface area contributed by atoms with Crippen LogP contribution in [0.1, 0.15) is 25.7 Å². The quantitative estimate of drug-likeness (QED) is 0.673. The summed E-state index contributed by atoms with van der Waals surface area (Å²) in [6.07, 6.45) is 3.77. The normalized spacial score (nSPS) is 33.4. The van der Waals surface area contributed by atoms with E-state index in [0.717, 1.165) is 38.8 Å². The predicted octanol–water partition coefficient (Wildman–Crippen LogP) is 0.295. The number of carbonyl (C=O) groups is 1. The molecule has 1 amide bonds. The lowest BCUT2D eigenvalue weighted by Crippen LogP contribution is -2.37. The largest absolute Gasteiger partial charge is 0.393 e. The zero-order valence-corrected chi connectivity index (χ0v) is 10.3. The molecule has 2 fully saturated rings. The van der Waals surface area contributed by atoms with Crippen LogP contribution in [0.4, 0.5) is 0 Å². The van der Waals surface area contributed by atoms with Crippen LogP contribution < -0.4 is 10.6 Å². The Hall–Kier alpha value is -0.320. The van der Waals surface area contributed by atoms with Gasteiger partial charge in [0.15, 0.2) is 0 Å². The summed E-state index contributed by atoms with van der Waals surface area (Å²) in [6.45, 7) is 2.40. The Bertz CT molecular complexity index is 232. The van der Waals surface area contributed by atoms with Crippen LogP contribution in [0.2, 0.25) is 0 Å². The zero-order valence-electron chi connectivity index (χ0n) is 9.45. The van der Waals surface area contributed by atoms with Gasteiger partial charge >= 0.3 is 0 Å². The van der Waals surface area contributed by atoms with E-state index in [2.05, 4.69) is 10.6 Å². The van der Waals surface area contributed by atoms with Gasteiger partial charge in [0, 0.05) is 19.0 Å². The van der Waals surface area contributed by atoms with Crippen molar-refractivity contribution in [1.82, 2.24) is 10.6 Å². The van der Waals surface area contributed by atoms with E-state index in [1.54, 1.807) is 0 Å². The van der Waals surface area contributed by atoms with Crippen LogP contribution in [-0.4, -0.2) is 36.8 Å². The maximum absolute atomic E-state index is 11.7. The van der Waals surface area contributed by atoms with Crippen LogP contribution in [0.5, 0.6) is 0 Å². The third-order valence-electron chi connectivity index (χ3n) is 3.59. The minimum absolute atomic E-state index is 0. The highest BCUT2D eigenvalue weighted by Gasteiger charge is 2.27. The Morgan fingerprint density at radius 3 is 2.75 bits per heavy atom. The average Bonchev–Trinajstić information content (AvgIpc) is 2.85. The molecule has 0 radical (unpaired) electrons. The summed E-state index contributed by atoms with van der Waals surface area (Å²) >= 11 is 0. The molecule has 3 N–H and O–H groups in total. The van der Waals surface area contributed by atoms with E-state index in [4.69, 9.17) is 0 Å². The second-order valence-corrected chi connectivity index (χ2v) is 4.69. The van der Waals surface area contributed by atoms with Crippen LogP contribution in [-0.2, 0) is 4.79 Å². The van der Waals surface area contributed by atoms with Crippen molar-refractivity contribution in [3.8, 4) is 0 Å². The molecule has 3 atom stereocenters. The molecule has 0 aromatic carbocycles. The van der Waals surface area contributed by atoms with Crippen molar-refractivity contribution in [2.45, 2.75) is 31.8 Å². The minimum atomic E-state index is -0.202. The monoisotopic (exact) mass is 248 g/mol. The molecule has 1 saturated carbocycles. The van der Waals surface area contributed by atoms with Gasteiger partial charge in [0.1, 0.15) is 0 Å². The van der Waals surface area contributed by atoms with Crippen molar-refractivity contribution in [3.63, 3.8) is 0 Å². The Kier molecular flexibility index (Phi) is 5.52. The van der Waals surface area contributed by atoms with Crippen molar-refractivity contribution in [1.29, 1.82) is 0 Å². The number of hydrogen-bond acceptors (Lipinski definition) is 3. The highest BCUT2D eigenvalue weighted by atomic mass is 35.5. The Morgan fingerprint density at radius 2 is 2.19 bits per heavy atom. The summed E-state index contributed by atoms with van der Waals surface area (Å²) in [5, 5.41) is 15.7. The van der Waals surface area contributed by atoms with E-state index in [9.17, 15) is 9.90 Å². The number of aliphatic hydroxyl groups is 1. The van der Waals surface area contributed by atoms with E-state index in [-0.39, 0.29) is 36.3 Å². The number of aliphatic hydroxyl groups excluding tert-OH is 1. The van der Waals surface area contributed by atoms with Gasteiger partial charge in [0.05, 0.1) is 12.0 Å². The molecule has 4 nitrogen and oxygen atoms in total.